The predicted octanol–water partition coefficient (Wildman–Crippen LogP) is 7.19. The second-order valence-corrected chi connectivity index (χ2v) is 9.45. The van der Waals surface area contributed by atoms with Crippen molar-refractivity contribution in [3.05, 3.63) is 76.3 Å². The van der Waals surface area contributed by atoms with Gasteiger partial charge in [0.1, 0.15) is 35.0 Å². The summed E-state index contributed by atoms with van der Waals surface area (Å²) >= 11 is 6.31. The largest absolute Gasteiger partial charge is 0.506 e. The van der Waals surface area contributed by atoms with Crippen LogP contribution in [-0.2, 0) is 22.3 Å². The fraction of sp³-hybridized carbons (Fsp3) is 0.259. The van der Waals surface area contributed by atoms with Gasteiger partial charge in [-0.3, -0.25) is 4.79 Å². The lowest BCUT2D eigenvalue weighted by atomic mass is 10.0. The number of alkyl halides is 3. The van der Waals surface area contributed by atoms with Crippen molar-refractivity contribution < 1.29 is 42.1 Å². The van der Waals surface area contributed by atoms with Crippen LogP contribution in [0.15, 0.2) is 54.6 Å². The van der Waals surface area contributed by atoms with Crippen molar-refractivity contribution in [3.63, 3.8) is 0 Å². The summed E-state index contributed by atoms with van der Waals surface area (Å²) in [4.78, 5) is 23.8. The average Bonchev–Trinajstić information content (AvgIpc) is 2.75. The number of carbonyl (C=O) groups excluding carboxylic acids is 2. The van der Waals surface area contributed by atoms with Crippen molar-refractivity contribution >= 4 is 23.5 Å². The summed E-state index contributed by atoms with van der Waals surface area (Å²) in [5, 5.41) is 10.7. The van der Waals surface area contributed by atoms with Gasteiger partial charge in [0.15, 0.2) is 0 Å². The van der Waals surface area contributed by atoms with Crippen LogP contribution in [0.3, 0.4) is 0 Å². The molecule has 0 heterocycles. The lowest BCUT2D eigenvalue weighted by molar-refractivity contribution is -0.138. The zero-order valence-electron chi connectivity index (χ0n) is 20.4. The minimum absolute atomic E-state index is 0.0212. The Balaban J connectivity index is 1.84. The van der Waals surface area contributed by atoms with Gasteiger partial charge in [-0.25, -0.2) is 4.79 Å². The third-order valence-corrected chi connectivity index (χ3v) is 5.25. The Morgan fingerprint density at radius 3 is 2.11 bits per heavy atom. The lowest BCUT2D eigenvalue weighted by Crippen LogP contribution is -2.25. The number of phenols is 1. The molecule has 0 unspecified atom stereocenters. The molecule has 196 valence electrons. The summed E-state index contributed by atoms with van der Waals surface area (Å²) in [5.74, 6) is -2.13. The van der Waals surface area contributed by atoms with Crippen molar-refractivity contribution in [1.82, 2.24) is 0 Å². The molecule has 0 atom stereocenters. The van der Waals surface area contributed by atoms with E-state index in [9.17, 15) is 27.9 Å². The maximum atomic E-state index is 13.3. The fourth-order valence-electron chi connectivity index (χ4n) is 3.39. The van der Waals surface area contributed by atoms with E-state index in [1.165, 1.54) is 13.0 Å². The van der Waals surface area contributed by atoms with Crippen molar-refractivity contribution in [2.75, 3.05) is 0 Å². The van der Waals surface area contributed by atoms with E-state index in [-0.39, 0.29) is 12.2 Å². The molecule has 3 aromatic rings. The third-order valence-electron chi connectivity index (χ3n) is 4.93. The highest BCUT2D eigenvalue weighted by molar-refractivity contribution is 6.33. The number of ether oxygens (including phenoxy) is 3. The highest BCUT2D eigenvalue weighted by atomic mass is 35.5. The topological polar surface area (TPSA) is 82.1 Å². The molecule has 0 amide bonds. The summed E-state index contributed by atoms with van der Waals surface area (Å²) in [6, 6.07) is 13.2. The third kappa shape index (κ3) is 7.16. The van der Waals surface area contributed by atoms with Crippen LogP contribution in [0.5, 0.6) is 17.2 Å². The first-order valence-electron chi connectivity index (χ1n) is 11.0. The van der Waals surface area contributed by atoms with E-state index in [4.69, 9.17) is 25.8 Å². The molecule has 0 saturated carbocycles. The quantitative estimate of drug-likeness (QED) is 0.265. The van der Waals surface area contributed by atoms with E-state index in [1.54, 1.807) is 57.2 Å². The van der Waals surface area contributed by atoms with Gasteiger partial charge in [-0.1, -0.05) is 29.8 Å². The van der Waals surface area contributed by atoms with Gasteiger partial charge >= 0.3 is 18.1 Å². The molecule has 37 heavy (non-hydrogen) atoms. The Morgan fingerprint density at radius 2 is 1.57 bits per heavy atom. The number of carbonyl (C=O) groups is 2. The Labute approximate surface area is 216 Å². The Bertz CT molecular complexity index is 1310. The monoisotopic (exact) mass is 536 g/mol. The number of rotatable bonds is 6. The van der Waals surface area contributed by atoms with Gasteiger partial charge in [-0.2, -0.15) is 13.2 Å². The van der Waals surface area contributed by atoms with Crippen LogP contribution in [0.1, 0.15) is 49.2 Å². The molecular formula is C27H24ClF3O6. The van der Waals surface area contributed by atoms with Gasteiger partial charge in [-0.15, -0.1) is 0 Å². The smallest absolute Gasteiger partial charge is 0.419 e. The first kappa shape index (κ1) is 27.9. The summed E-state index contributed by atoms with van der Waals surface area (Å²) in [5.41, 5.74) is -1.53. The highest BCUT2D eigenvalue weighted by Crippen LogP contribution is 2.40. The minimum atomic E-state index is -4.87. The van der Waals surface area contributed by atoms with E-state index in [0.717, 1.165) is 11.6 Å². The predicted molar refractivity (Wildman–Crippen MR) is 131 cm³/mol. The second kappa shape index (κ2) is 10.7. The van der Waals surface area contributed by atoms with Gasteiger partial charge in [0, 0.05) is 24.1 Å². The zero-order chi connectivity index (χ0) is 27.5. The normalized spacial score (nSPS) is 11.7. The maximum Gasteiger partial charge on any atom is 0.419 e. The average molecular weight is 537 g/mol. The number of hydrogen-bond donors (Lipinski definition) is 1. The molecule has 0 aliphatic carbocycles. The molecule has 1 N–H and O–H groups in total. The van der Waals surface area contributed by atoms with Crippen molar-refractivity contribution in [2.45, 2.75) is 46.1 Å². The Hall–Kier alpha value is -3.72. The van der Waals surface area contributed by atoms with Gasteiger partial charge in [-0.05, 0) is 56.7 Å². The highest BCUT2D eigenvalue weighted by Gasteiger charge is 2.37. The SMILES string of the molecule is CC(=O)Oc1ccc(-c2ccc(OCc3ccc(C(F)(F)F)c(O)c3C(=O)OC(C)(C)C)cc2)c(Cl)c1. The van der Waals surface area contributed by atoms with E-state index in [1.807, 2.05) is 0 Å². The van der Waals surface area contributed by atoms with Crippen LogP contribution in [0, 0.1) is 0 Å². The summed E-state index contributed by atoms with van der Waals surface area (Å²) in [7, 11) is 0. The summed E-state index contributed by atoms with van der Waals surface area (Å²) in [6.45, 7) is 5.65. The molecule has 0 fully saturated rings. The molecule has 10 heteroatoms. The van der Waals surface area contributed by atoms with Gasteiger partial charge in [0.2, 0.25) is 0 Å². The Kier molecular flexibility index (Phi) is 8.07. The number of esters is 2. The van der Waals surface area contributed by atoms with Gasteiger partial charge in [0.25, 0.3) is 0 Å². The number of phenolic OH excluding ortho intramolecular Hbond substituents is 1. The molecule has 0 radical (unpaired) electrons. The van der Waals surface area contributed by atoms with Crippen LogP contribution in [0.2, 0.25) is 5.02 Å². The number of aromatic hydroxyl groups is 1. The Morgan fingerprint density at radius 1 is 0.946 bits per heavy atom. The molecule has 0 aliphatic rings. The van der Waals surface area contributed by atoms with Gasteiger partial charge < -0.3 is 19.3 Å². The van der Waals surface area contributed by atoms with Crippen LogP contribution in [-0.4, -0.2) is 22.6 Å². The van der Waals surface area contributed by atoms with Crippen molar-refractivity contribution in [1.29, 1.82) is 0 Å². The van der Waals surface area contributed by atoms with E-state index < -0.39 is 40.6 Å². The van der Waals surface area contributed by atoms with Crippen molar-refractivity contribution in [3.8, 4) is 28.4 Å². The van der Waals surface area contributed by atoms with Crippen LogP contribution < -0.4 is 9.47 Å². The number of halogens is 4. The standard InChI is InChI=1S/C27H24ClF3O6/c1-15(32)36-19-10-11-20(22(28)13-19)16-5-8-18(9-6-16)35-14-17-7-12-21(27(29,30)31)24(33)23(17)25(34)37-26(2,3)4/h5-13,33H,14H2,1-4H3. The van der Waals surface area contributed by atoms with E-state index in [0.29, 0.717) is 28.2 Å². The summed E-state index contributed by atoms with van der Waals surface area (Å²) < 4.78 is 55.9. The molecule has 0 bridgehead atoms. The molecule has 3 rings (SSSR count). The molecule has 6 nitrogen and oxygen atoms in total. The van der Waals surface area contributed by atoms with E-state index in [2.05, 4.69) is 0 Å². The molecule has 0 saturated heterocycles. The van der Waals surface area contributed by atoms with Gasteiger partial charge in [0.05, 0.1) is 10.6 Å². The minimum Gasteiger partial charge on any atom is -0.506 e. The first-order chi connectivity index (χ1) is 17.2. The van der Waals surface area contributed by atoms with Crippen LogP contribution >= 0.6 is 11.6 Å². The van der Waals surface area contributed by atoms with E-state index >= 15 is 0 Å². The lowest BCUT2D eigenvalue weighted by Gasteiger charge is -2.22. The molecule has 3 aromatic carbocycles. The van der Waals surface area contributed by atoms with Crippen LogP contribution in [0.4, 0.5) is 13.2 Å². The number of hydrogen-bond acceptors (Lipinski definition) is 6. The van der Waals surface area contributed by atoms with Crippen LogP contribution in [0.25, 0.3) is 11.1 Å². The maximum absolute atomic E-state index is 13.3. The second-order valence-electron chi connectivity index (χ2n) is 9.04. The molecule has 0 aliphatic heterocycles. The zero-order valence-corrected chi connectivity index (χ0v) is 21.2. The molecule has 0 aromatic heterocycles. The fourth-order valence-corrected chi connectivity index (χ4v) is 3.67. The molecule has 0 spiro atoms. The molecular weight excluding hydrogens is 513 g/mol. The first-order valence-corrected chi connectivity index (χ1v) is 11.4. The summed E-state index contributed by atoms with van der Waals surface area (Å²) in [6.07, 6.45) is -4.87. The number of benzene rings is 3. The van der Waals surface area contributed by atoms with Crippen molar-refractivity contribution in [2.24, 2.45) is 0 Å².